The van der Waals surface area contributed by atoms with Crippen LogP contribution in [0, 0.1) is 0 Å². The molecule has 3 aromatic carbocycles. The lowest BCUT2D eigenvalue weighted by Crippen LogP contribution is -2.20. The van der Waals surface area contributed by atoms with Gasteiger partial charge in [-0.3, -0.25) is 4.99 Å². The Morgan fingerprint density at radius 1 is 1.00 bits per heavy atom. The number of para-hydroxylation sites is 1. The minimum Gasteiger partial charge on any atom is -0.508 e. The van der Waals surface area contributed by atoms with Crippen molar-refractivity contribution in [3.05, 3.63) is 82.8 Å². The number of anilines is 2. The van der Waals surface area contributed by atoms with Crippen LogP contribution in [0.5, 0.6) is 5.75 Å². The Kier molecular flexibility index (Phi) is 5.71. The molecule has 2 N–H and O–H groups in total. The number of aliphatic hydroxyl groups excluding tert-OH is 1. The van der Waals surface area contributed by atoms with E-state index in [4.69, 9.17) is 4.99 Å². The van der Waals surface area contributed by atoms with Crippen LogP contribution in [-0.2, 0) is 0 Å². The smallest absolute Gasteiger partial charge is 0.120 e. The first-order valence-electron chi connectivity index (χ1n) is 8.16. The molecule has 0 atom stereocenters. The third-order valence-electron chi connectivity index (χ3n) is 3.99. The second-order valence-electron chi connectivity index (χ2n) is 5.78. The van der Waals surface area contributed by atoms with E-state index in [0.29, 0.717) is 0 Å². The summed E-state index contributed by atoms with van der Waals surface area (Å²) in [6, 6.07) is 22.3. The van der Waals surface area contributed by atoms with Crippen molar-refractivity contribution in [2.75, 3.05) is 11.6 Å². The maximum absolute atomic E-state index is 9.95. The minimum atomic E-state index is -0.189. The first kappa shape index (κ1) is 18.2. The summed E-state index contributed by atoms with van der Waals surface area (Å²) >= 11 is 3.46. The number of nitrogens with zero attached hydrogens (tertiary/aromatic N) is 2. The Morgan fingerprint density at radius 3 is 2.42 bits per heavy atom. The summed E-state index contributed by atoms with van der Waals surface area (Å²) in [6.07, 6.45) is 0. The van der Waals surface area contributed by atoms with Crippen molar-refractivity contribution in [3.8, 4) is 5.75 Å². The fourth-order valence-electron chi connectivity index (χ4n) is 2.74. The molecular formula is C21H19BrN2O2. The lowest BCUT2D eigenvalue weighted by Gasteiger charge is -2.25. The number of aliphatic imine (C=N–C) groups is 1. The highest BCUT2D eigenvalue weighted by atomic mass is 79.9. The number of halogens is 1. The lowest BCUT2D eigenvalue weighted by atomic mass is 10.1. The van der Waals surface area contributed by atoms with E-state index >= 15 is 0 Å². The number of aromatic hydroxyl groups is 1. The summed E-state index contributed by atoms with van der Waals surface area (Å²) in [7, 11) is 0. The van der Waals surface area contributed by atoms with Crippen LogP contribution in [0.15, 0.2) is 82.3 Å². The van der Waals surface area contributed by atoms with E-state index in [1.165, 1.54) is 0 Å². The first-order chi connectivity index (χ1) is 12.6. The van der Waals surface area contributed by atoms with Crippen molar-refractivity contribution in [1.29, 1.82) is 0 Å². The summed E-state index contributed by atoms with van der Waals surface area (Å²) in [6.45, 7) is 1.76. The standard InChI is InChI=1S/C21H19BrN2O2/c1-15(23-17-6-4-5-16(22)13-17)20-7-2-3-8-21(20)24(14-25)18-9-11-19(26)12-10-18/h2-13,25-26H,14H2,1H3. The number of hydrogen-bond donors (Lipinski definition) is 2. The molecule has 0 saturated heterocycles. The van der Waals surface area contributed by atoms with E-state index in [0.717, 1.165) is 32.8 Å². The highest BCUT2D eigenvalue weighted by Crippen LogP contribution is 2.30. The highest BCUT2D eigenvalue weighted by molar-refractivity contribution is 9.10. The topological polar surface area (TPSA) is 56.1 Å². The Bertz CT molecular complexity index is 923. The molecule has 4 nitrogen and oxygen atoms in total. The molecule has 0 amide bonds. The normalized spacial score (nSPS) is 11.4. The molecule has 0 fully saturated rings. The van der Waals surface area contributed by atoms with Crippen molar-refractivity contribution in [2.24, 2.45) is 4.99 Å². The van der Waals surface area contributed by atoms with Gasteiger partial charge in [-0.2, -0.15) is 0 Å². The maximum atomic E-state index is 9.95. The largest absolute Gasteiger partial charge is 0.508 e. The van der Waals surface area contributed by atoms with E-state index in [9.17, 15) is 10.2 Å². The lowest BCUT2D eigenvalue weighted by molar-refractivity contribution is 0.304. The van der Waals surface area contributed by atoms with Gasteiger partial charge in [0.2, 0.25) is 0 Å². The average Bonchev–Trinajstić information content (AvgIpc) is 2.64. The van der Waals surface area contributed by atoms with Gasteiger partial charge in [-0.1, -0.05) is 40.2 Å². The van der Waals surface area contributed by atoms with Crippen molar-refractivity contribution in [2.45, 2.75) is 6.92 Å². The summed E-state index contributed by atoms with van der Waals surface area (Å²) in [5.41, 5.74) is 4.25. The molecular weight excluding hydrogens is 392 g/mol. The fraction of sp³-hybridized carbons (Fsp3) is 0.0952. The number of rotatable bonds is 5. The van der Waals surface area contributed by atoms with Gasteiger partial charge < -0.3 is 15.1 Å². The molecule has 0 aliphatic carbocycles. The zero-order valence-corrected chi connectivity index (χ0v) is 15.9. The monoisotopic (exact) mass is 410 g/mol. The van der Waals surface area contributed by atoms with E-state index in [1.54, 1.807) is 29.2 Å². The van der Waals surface area contributed by atoms with E-state index in [2.05, 4.69) is 15.9 Å². The Morgan fingerprint density at radius 2 is 1.73 bits per heavy atom. The number of benzene rings is 3. The van der Waals surface area contributed by atoms with Crippen LogP contribution in [-0.4, -0.2) is 22.7 Å². The predicted octanol–water partition coefficient (Wildman–Crippen LogP) is 5.38. The number of aliphatic hydroxyl groups is 1. The number of phenols is 1. The third-order valence-corrected chi connectivity index (χ3v) is 4.49. The summed E-state index contributed by atoms with van der Waals surface area (Å²) in [4.78, 5) is 6.49. The van der Waals surface area contributed by atoms with Crippen LogP contribution < -0.4 is 4.90 Å². The van der Waals surface area contributed by atoms with Crippen molar-refractivity contribution in [1.82, 2.24) is 0 Å². The third kappa shape index (κ3) is 4.12. The molecule has 0 aliphatic rings. The summed E-state index contributed by atoms with van der Waals surface area (Å²) < 4.78 is 0.973. The van der Waals surface area contributed by atoms with Gasteiger partial charge in [0, 0.05) is 21.4 Å². The van der Waals surface area contributed by atoms with E-state index in [-0.39, 0.29) is 12.5 Å². The van der Waals surface area contributed by atoms with Crippen LogP contribution >= 0.6 is 15.9 Å². The van der Waals surface area contributed by atoms with Crippen LogP contribution in [0.4, 0.5) is 17.1 Å². The van der Waals surface area contributed by atoms with Crippen molar-refractivity contribution < 1.29 is 10.2 Å². The average molecular weight is 411 g/mol. The van der Waals surface area contributed by atoms with Gasteiger partial charge >= 0.3 is 0 Å². The van der Waals surface area contributed by atoms with Gasteiger partial charge in [-0.05, 0) is 55.5 Å². The SMILES string of the molecule is CC(=Nc1cccc(Br)c1)c1ccccc1N(CO)c1ccc(O)cc1. The fourth-order valence-corrected chi connectivity index (χ4v) is 3.13. The molecule has 5 heteroatoms. The molecule has 0 spiro atoms. The molecule has 0 aromatic heterocycles. The number of hydrogen-bond acceptors (Lipinski definition) is 4. The summed E-state index contributed by atoms with van der Waals surface area (Å²) in [5.74, 6) is 0.187. The van der Waals surface area contributed by atoms with Gasteiger partial charge in [0.05, 0.1) is 11.4 Å². The Balaban J connectivity index is 2.03. The van der Waals surface area contributed by atoms with Crippen molar-refractivity contribution in [3.63, 3.8) is 0 Å². The Labute approximate surface area is 161 Å². The second kappa shape index (κ2) is 8.17. The molecule has 3 rings (SSSR count). The zero-order valence-electron chi connectivity index (χ0n) is 14.3. The van der Waals surface area contributed by atoms with E-state index < -0.39 is 0 Å². The molecule has 132 valence electrons. The van der Waals surface area contributed by atoms with Crippen LogP contribution in [0.1, 0.15) is 12.5 Å². The molecule has 0 heterocycles. The van der Waals surface area contributed by atoms with Crippen LogP contribution in [0.3, 0.4) is 0 Å². The molecule has 0 saturated carbocycles. The van der Waals surface area contributed by atoms with Crippen LogP contribution in [0.25, 0.3) is 0 Å². The molecule has 0 bridgehead atoms. The molecule has 0 radical (unpaired) electrons. The quantitative estimate of drug-likeness (QED) is 0.438. The van der Waals surface area contributed by atoms with E-state index in [1.807, 2.05) is 55.5 Å². The zero-order chi connectivity index (χ0) is 18.5. The van der Waals surface area contributed by atoms with Gasteiger partial charge in [0.15, 0.2) is 0 Å². The second-order valence-corrected chi connectivity index (χ2v) is 6.70. The van der Waals surface area contributed by atoms with Gasteiger partial charge in [-0.15, -0.1) is 0 Å². The van der Waals surface area contributed by atoms with Crippen LogP contribution in [0.2, 0.25) is 0 Å². The maximum Gasteiger partial charge on any atom is 0.120 e. The van der Waals surface area contributed by atoms with Crippen molar-refractivity contribution >= 4 is 38.7 Å². The molecule has 26 heavy (non-hydrogen) atoms. The molecule has 0 aliphatic heterocycles. The van der Waals surface area contributed by atoms with Gasteiger partial charge in [0.1, 0.15) is 12.5 Å². The molecule has 0 unspecified atom stereocenters. The van der Waals surface area contributed by atoms with Gasteiger partial charge in [0.25, 0.3) is 0 Å². The molecule has 3 aromatic rings. The minimum absolute atomic E-state index is 0.187. The Hall–Kier alpha value is -2.63. The first-order valence-corrected chi connectivity index (χ1v) is 8.95. The highest BCUT2D eigenvalue weighted by Gasteiger charge is 2.14. The number of phenolic OH excluding ortho intramolecular Hbond substituents is 1. The van der Waals surface area contributed by atoms with Gasteiger partial charge in [-0.25, -0.2) is 0 Å². The summed E-state index contributed by atoms with van der Waals surface area (Å²) in [5, 5.41) is 19.5. The predicted molar refractivity (Wildman–Crippen MR) is 110 cm³/mol.